The van der Waals surface area contributed by atoms with Crippen LogP contribution in [0.3, 0.4) is 0 Å². The number of hydrogen-bond acceptors (Lipinski definition) is 3. The smallest absolute Gasteiger partial charge is 0.251 e. The lowest BCUT2D eigenvalue weighted by Gasteiger charge is -2.21. The highest BCUT2D eigenvalue weighted by atomic mass is 19.1. The van der Waals surface area contributed by atoms with Crippen molar-refractivity contribution in [2.45, 2.75) is 44.4 Å². The molecular weight excluding hydrogens is 283 g/mol. The number of hydrogen-bond donors (Lipinski definition) is 1. The molecule has 5 heteroatoms. The molecule has 0 saturated carbocycles. The second-order valence-electron chi connectivity index (χ2n) is 5.95. The molecule has 0 radical (unpaired) electrons. The van der Waals surface area contributed by atoms with Gasteiger partial charge in [0, 0.05) is 32.2 Å². The molecule has 1 amide bonds. The SMILES string of the molecule is CC[C@H](NC[C@@H]1CC[C@@H](C(=O)N(C)C)O1)c1ccccc1F. The van der Waals surface area contributed by atoms with E-state index < -0.39 is 0 Å². The number of carbonyl (C=O) groups excluding carboxylic acids is 1. The topological polar surface area (TPSA) is 41.6 Å². The first kappa shape index (κ1) is 16.9. The molecule has 0 spiro atoms. The average Bonchev–Trinajstić information content (AvgIpc) is 2.97. The summed E-state index contributed by atoms with van der Waals surface area (Å²) in [6.07, 6.45) is 2.07. The standard InChI is InChI=1S/C17H25FN2O2/c1-4-15(13-7-5-6-8-14(13)18)19-11-12-9-10-16(22-12)17(21)20(2)3/h5-8,12,15-16,19H,4,9-11H2,1-3H3/t12-,15-,16-/m0/s1. The Labute approximate surface area is 131 Å². The zero-order valence-corrected chi connectivity index (χ0v) is 13.5. The Bertz CT molecular complexity index is 507. The van der Waals surface area contributed by atoms with Gasteiger partial charge < -0.3 is 15.0 Å². The molecule has 0 aromatic heterocycles. The van der Waals surface area contributed by atoms with Crippen molar-refractivity contribution in [2.75, 3.05) is 20.6 Å². The van der Waals surface area contributed by atoms with Crippen LogP contribution < -0.4 is 5.32 Å². The number of amides is 1. The predicted molar refractivity (Wildman–Crippen MR) is 84.0 cm³/mol. The van der Waals surface area contributed by atoms with Gasteiger partial charge in [-0.2, -0.15) is 0 Å². The van der Waals surface area contributed by atoms with Crippen LogP contribution in [-0.2, 0) is 9.53 Å². The summed E-state index contributed by atoms with van der Waals surface area (Å²) in [6, 6.07) is 6.80. The first-order chi connectivity index (χ1) is 10.5. The molecule has 22 heavy (non-hydrogen) atoms. The fourth-order valence-electron chi connectivity index (χ4n) is 2.83. The number of benzene rings is 1. The second-order valence-corrected chi connectivity index (χ2v) is 5.95. The van der Waals surface area contributed by atoms with E-state index in [4.69, 9.17) is 4.74 Å². The molecular formula is C17H25FN2O2. The van der Waals surface area contributed by atoms with Gasteiger partial charge in [0.1, 0.15) is 11.9 Å². The molecule has 1 saturated heterocycles. The van der Waals surface area contributed by atoms with Crippen molar-refractivity contribution in [2.24, 2.45) is 0 Å². The summed E-state index contributed by atoms with van der Waals surface area (Å²) in [5.41, 5.74) is 0.684. The predicted octanol–water partition coefficient (Wildman–Crippen LogP) is 2.50. The van der Waals surface area contributed by atoms with Gasteiger partial charge in [-0.25, -0.2) is 4.39 Å². The average molecular weight is 308 g/mol. The number of rotatable bonds is 6. The van der Waals surface area contributed by atoms with E-state index in [2.05, 4.69) is 5.32 Å². The molecule has 0 bridgehead atoms. The van der Waals surface area contributed by atoms with Gasteiger partial charge in [-0.1, -0.05) is 25.1 Å². The van der Waals surface area contributed by atoms with E-state index in [1.165, 1.54) is 6.07 Å². The maximum atomic E-state index is 13.9. The van der Waals surface area contributed by atoms with Gasteiger partial charge in [0.05, 0.1) is 6.10 Å². The van der Waals surface area contributed by atoms with Crippen LogP contribution in [0.25, 0.3) is 0 Å². The Morgan fingerprint density at radius 3 is 2.77 bits per heavy atom. The zero-order valence-electron chi connectivity index (χ0n) is 13.5. The minimum atomic E-state index is -0.338. The summed E-state index contributed by atoms with van der Waals surface area (Å²) >= 11 is 0. The molecule has 1 aliphatic heterocycles. The second kappa shape index (κ2) is 7.70. The van der Waals surface area contributed by atoms with Gasteiger partial charge in [-0.3, -0.25) is 4.79 Å². The maximum Gasteiger partial charge on any atom is 0.251 e. The molecule has 1 aliphatic rings. The fraction of sp³-hybridized carbons (Fsp3) is 0.588. The van der Waals surface area contributed by atoms with E-state index in [1.54, 1.807) is 25.1 Å². The molecule has 4 nitrogen and oxygen atoms in total. The largest absolute Gasteiger partial charge is 0.364 e. The van der Waals surface area contributed by atoms with Gasteiger partial charge in [0.15, 0.2) is 0 Å². The van der Waals surface area contributed by atoms with E-state index >= 15 is 0 Å². The molecule has 122 valence electrons. The molecule has 1 fully saturated rings. The van der Waals surface area contributed by atoms with Crippen LogP contribution in [0, 0.1) is 5.82 Å². The minimum Gasteiger partial charge on any atom is -0.364 e. The van der Waals surface area contributed by atoms with E-state index in [-0.39, 0.29) is 30.0 Å². The molecule has 1 aromatic carbocycles. The summed E-state index contributed by atoms with van der Waals surface area (Å²) in [4.78, 5) is 13.4. The van der Waals surface area contributed by atoms with Crippen LogP contribution in [-0.4, -0.2) is 43.7 Å². The number of ether oxygens (including phenoxy) is 1. The lowest BCUT2D eigenvalue weighted by atomic mass is 10.0. The summed E-state index contributed by atoms with van der Waals surface area (Å²) in [5.74, 6) is -0.168. The Kier molecular flexibility index (Phi) is 5.91. The van der Waals surface area contributed by atoms with Crippen LogP contribution in [0.15, 0.2) is 24.3 Å². The van der Waals surface area contributed by atoms with Crippen molar-refractivity contribution in [3.05, 3.63) is 35.6 Å². The molecule has 1 aromatic rings. The lowest BCUT2D eigenvalue weighted by molar-refractivity contribution is -0.140. The highest BCUT2D eigenvalue weighted by Crippen LogP contribution is 2.23. The minimum absolute atomic E-state index is 0.00900. The fourth-order valence-corrected chi connectivity index (χ4v) is 2.83. The van der Waals surface area contributed by atoms with E-state index in [0.717, 1.165) is 19.3 Å². The quantitative estimate of drug-likeness (QED) is 0.878. The normalized spacial score (nSPS) is 22.5. The number of likely N-dealkylation sites (N-methyl/N-ethyl adjacent to an activating group) is 1. The first-order valence-electron chi connectivity index (χ1n) is 7.87. The molecule has 1 heterocycles. The van der Waals surface area contributed by atoms with Crippen LogP contribution >= 0.6 is 0 Å². The number of carbonyl (C=O) groups is 1. The third-order valence-electron chi connectivity index (χ3n) is 4.10. The maximum absolute atomic E-state index is 13.9. The van der Waals surface area contributed by atoms with E-state index in [0.29, 0.717) is 12.1 Å². The molecule has 3 atom stereocenters. The third-order valence-corrected chi connectivity index (χ3v) is 4.10. The number of nitrogens with zero attached hydrogens (tertiary/aromatic N) is 1. The Morgan fingerprint density at radius 1 is 1.41 bits per heavy atom. The third kappa shape index (κ3) is 4.05. The van der Waals surface area contributed by atoms with Crippen LogP contribution in [0.4, 0.5) is 4.39 Å². The van der Waals surface area contributed by atoms with Gasteiger partial charge in [0.2, 0.25) is 0 Å². The number of nitrogens with one attached hydrogen (secondary N) is 1. The van der Waals surface area contributed by atoms with Crippen molar-refractivity contribution < 1.29 is 13.9 Å². The van der Waals surface area contributed by atoms with Crippen LogP contribution in [0.1, 0.15) is 37.8 Å². The Balaban J connectivity index is 1.87. The summed E-state index contributed by atoms with van der Waals surface area (Å²) < 4.78 is 19.7. The molecule has 2 rings (SSSR count). The van der Waals surface area contributed by atoms with E-state index in [9.17, 15) is 9.18 Å². The van der Waals surface area contributed by atoms with E-state index in [1.807, 2.05) is 19.1 Å². The first-order valence-corrected chi connectivity index (χ1v) is 7.87. The van der Waals surface area contributed by atoms with Crippen molar-refractivity contribution in [1.29, 1.82) is 0 Å². The lowest BCUT2D eigenvalue weighted by Crippen LogP contribution is -2.36. The molecule has 0 aliphatic carbocycles. The highest BCUT2D eigenvalue weighted by Gasteiger charge is 2.31. The van der Waals surface area contributed by atoms with Gasteiger partial charge in [0.25, 0.3) is 5.91 Å². The Morgan fingerprint density at radius 2 is 2.14 bits per heavy atom. The molecule has 0 unspecified atom stereocenters. The molecule has 1 N–H and O–H groups in total. The Hall–Kier alpha value is -1.46. The van der Waals surface area contributed by atoms with Gasteiger partial charge >= 0.3 is 0 Å². The summed E-state index contributed by atoms with van der Waals surface area (Å²) in [7, 11) is 3.48. The monoisotopic (exact) mass is 308 g/mol. The van der Waals surface area contributed by atoms with Crippen molar-refractivity contribution >= 4 is 5.91 Å². The van der Waals surface area contributed by atoms with Gasteiger partial charge in [-0.05, 0) is 25.3 Å². The van der Waals surface area contributed by atoms with Crippen molar-refractivity contribution in [3.8, 4) is 0 Å². The van der Waals surface area contributed by atoms with Gasteiger partial charge in [-0.15, -0.1) is 0 Å². The van der Waals surface area contributed by atoms with Crippen molar-refractivity contribution in [1.82, 2.24) is 10.2 Å². The van der Waals surface area contributed by atoms with Crippen LogP contribution in [0.5, 0.6) is 0 Å². The summed E-state index contributed by atoms with van der Waals surface area (Å²) in [5, 5.41) is 3.37. The summed E-state index contributed by atoms with van der Waals surface area (Å²) in [6.45, 7) is 2.65. The van der Waals surface area contributed by atoms with Crippen molar-refractivity contribution in [3.63, 3.8) is 0 Å². The zero-order chi connectivity index (χ0) is 16.1. The number of halogens is 1. The highest BCUT2D eigenvalue weighted by molar-refractivity contribution is 5.80. The van der Waals surface area contributed by atoms with Crippen LogP contribution in [0.2, 0.25) is 0 Å².